The highest BCUT2D eigenvalue weighted by Gasteiger charge is 2.32. The molecule has 1 N–H and O–H groups in total. The molecule has 7 nitrogen and oxygen atoms in total. The molecular weight excluding hydrogens is 450 g/mol. The number of nitrogens with zero attached hydrogens (tertiary/aromatic N) is 2. The topological polar surface area (TPSA) is 75.7 Å². The predicted molar refractivity (Wildman–Crippen MR) is 126 cm³/mol. The Balaban J connectivity index is 1.37. The van der Waals surface area contributed by atoms with Crippen LogP contribution in [0.2, 0.25) is 5.02 Å². The van der Waals surface area contributed by atoms with Crippen molar-refractivity contribution >= 4 is 38.8 Å². The van der Waals surface area contributed by atoms with E-state index in [0.29, 0.717) is 42.4 Å². The number of nitrogens with one attached hydrogen (secondary N) is 1. The van der Waals surface area contributed by atoms with Crippen molar-refractivity contribution < 1.29 is 17.9 Å². The molecule has 9 heteroatoms. The summed E-state index contributed by atoms with van der Waals surface area (Å²) in [5, 5.41) is 3.60. The first-order valence-corrected chi connectivity index (χ1v) is 12.3. The van der Waals surface area contributed by atoms with Crippen LogP contribution in [0.3, 0.4) is 0 Å². The third-order valence-electron chi connectivity index (χ3n) is 5.78. The third kappa shape index (κ3) is 4.74. The molecule has 0 aromatic heterocycles. The molecule has 0 bridgehead atoms. The van der Waals surface area contributed by atoms with E-state index < -0.39 is 10.0 Å². The molecule has 2 heterocycles. The van der Waals surface area contributed by atoms with E-state index in [4.69, 9.17) is 16.3 Å². The molecule has 170 valence electrons. The maximum absolute atomic E-state index is 12.7. The number of morpholine rings is 1. The first-order chi connectivity index (χ1) is 15.2. The number of quaternary nitrogens is 1. The van der Waals surface area contributed by atoms with Crippen LogP contribution in [0.25, 0.3) is 5.57 Å². The monoisotopic (exact) mass is 476 g/mol. The number of sulfonamides is 1. The molecule has 0 atom stereocenters. The summed E-state index contributed by atoms with van der Waals surface area (Å²) in [6.07, 6.45) is 2.33. The van der Waals surface area contributed by atoms with Crippen LogP contribution in [-0.4, -0.2) is 59.0 Å². The highest BCUT2D eigenvalue weighted by molar-refractivity contribution is 7.89. The first-order valence-electron chi connectivity index (χ1n) is 10.5. The smallest absolute Gasteiger partial charge is 0.243 e. The van der Waals surface area contributed by atoms with Gasteiger partial charge in [0.25, 0.3) is 0 Å². The van der Waals surface area contributed by atoms with Crippen LogP contribution < -0.4 is 9.80 Å². The summed E-state index contributed by atoms with van der Waals surface area (Å²) < 4.78 is 32.6. The number of ether oxygens (including phenoxy) is 1. The van der Waals surface area contributed by atoms with Gasteiger partial charge in [0.1, 0.15) is 11.9 Å². The largest absolute Gasteiger partial charge is 0.379 e. The van der Waals surface area contributed by atoms with Gasteiger partial charge in [0.05, 0.1) is 38.6 Å². The number of carbonyl (C=O) groups is 1. The highest BCUT2D eigenvalue weighted by Crippen LogP contribution is 2.40. The minimum absolute atomic E-state index is 0.0935. The SMILES string of the molecule is C[N+]1(C)C=C(CC(=O)NCc2ccc(S(=O)(=O)N3CCOCC3)cc2)c2ccc(Cl)cc21. The van der Waals surface area contributed by atoms with E-state index >= 15 is 0 Å². The van der Waals surface area contributed by atoms with Crippen molar-refractivity contribution in [1.29, 1.82) is 0 Å². The Hall–Kier alpha value is -2.23. The van der Waals surface area contributed by atoms with Crippen molar-refractivity contribution in [3.05, 3.63) is 64.8 Å². The zero-order valence-electron chi connectivity index (χ0n) is 18.2. The normalized spacial score (nSPS) is 18.2. The van der Waals surface area contributed by atoms with Gasteiger partial charge in [-0.2, -0.15) is 4.31 Å². The summed E-state index contributed by atoms with van der Waals surface area (Å²) in [6.45, 7) is 1.87. The second-order valence-corrected chi connectivity index (χ2v) is 10.8. The number of fused-ring (bicyclic) bond motifs is 1. The van der Waals surface area contributed by atoms with E-state index in [1.54, 1.807) is 24.3 Å². The third-order valence-corrected chi connectivity index (χ3v) is 7.93. The van der Waals surface area contributed by atoms with Gasteiger partial charge in [0, 0.05) is 41.9 Å². The van der Waals surface area contributed by atoms with Gasteiger partial charge in [-0.15, -0.1) is 0 Å². The summed E-state index contributed by atoms with van der Waals surface area (Å²) in [4.78, 5) is 12.8. The van der Waals surface area contributed by atoms with Gasteiger partial charge in [0.15, 0.2) is 0 Å². The van der Waals surface area contributed by atoms with Gasteiger partial charge < -0.3 is 10.1 Å². The molecule has 0 spiro atoms. The van der Waals surface area contributed by atoms with Crippen molar-refractivity contribution in [2.45, 2.75) is 17.9 Å². The van der Waals surface area contributed by atoms with Crippen molar-refractivity contribution in [3.63, 3.8) is 0 Å². The second-order valence-electron chi connectivity index (χ2n) is 8.47. The molecular formula is C23H27ClN3O4S+. The standard InChI is InChI=1S/C23H26ClN3O4S/c1-27(2)16-18(21-8-5-19(24)14-22(21)27)13-23(28)25-15-17-3-6-20(7-4-17)32(29,30)26-9-11-31-12-10-26/h3-8,14,16H,9-13,15H2,1-2H3/p+1. The number of halogens is 1. The van der Waals surface area contributed by atoms with Crippen LogP contribution in [0.5, 0.6) is 0 Å². The van der Waals surface area contributed by atoms with Crippen LogP contribution in [0.4, 0.5) is 5.69 Å². The summed E-state index contributed by atoms with van der Waals surface area (Å²) in [5.41, 5.74) is 3.90. The fourth-order valence-corrected chi connectivity index (χ4v) is 5.65. The molecule has 2 aliphatic heterocycles. The quantitative estimate of drug-likeness (QED) is 0.650. The van der Waals surface area contributed by atoms with E-state index in [9.17, 15) is 13.2 Å². The second kappa shape index (κ2) is 8.96. The summed E-state index contributed by atoms with van der Waals surface area (Å²) >= 11 is 6.15. The molecule has 0 radical (unpaired) electrons. The Bertz CT molecular complexity index is 1150. The lowest BCUT2D eigenvalue weighted by Gasteiger charge is -2.26. The number of benzene rings is 2. The minimum atomic E-state index is -3.52. The van der Waals surface area contributed by atoms with Gasteiger partial charge in [-0.25, -0.2) is 8.42 Å². The van der Waals surface area contributed by atoms with Crippen molar-refractivity contribution in [3.8, 4) is 0 Å². The Morgan fingerprint density at radius 1 is 1.12 bits per heavy atom. The van der Waals surface area contributed by atoms with E-state index in [2.05, 4.69) is 11.5 Å². The summed E-state index contributed by atoms with van der Waals surface area (Å²) in [6, 6.07) is 12.4. The number of hydrogen-bond acceptors (Lipinski definition) is 4. The Kier molecular flexibility index (Phi) is 6.42. The van der Waals surface area contributed by atoms with E-state index in [1.165, 1.54) is 4.31 Å². The lowest BCUT2D eigenvalue weighted by molar-refractivity contribution is -0.120. The van der Waals surface area contributed by atoms with E-state index in [0.717, 1.165) is 22.4 Å². The Morgan fingerprint density at radius 2 is 1.81 bits per heavy atom. The lowest BCUT2D eigenvalue weighted by Crippen LogP contribution is -2.40. The van der Waals surface area contributed by atoms with Crippen molar-refractivity contribution in [1.82, 2.24) is 14.1 Å². The van der Waals surface area contributed by atoms with Gasteiger partial charge >= 0.3 is 0 Å². The minimum Gasteiger partial charge on any atom is -0.379 e. The number of amides is 1. The van der Waals surface area contributed by atoms with E-state index in [-0.39, 0.29) is 17.2 Å². The fraction of sp³-hybridized carbons (Fsp3) is 0.348. The fourth-order valence-electron chi connectivity index (χ4n) is 4.07. The van der Waals surface area contributed by atoms with Gasteiger partial charge in [-0.1, -0.05) is 23.7 Å². The molecule has 32 heavy (non-hydrogen) atoms. The molecule has 1 saturated heterocycles. The summed E-state index contributed by atoms with van der Waals surface area (Å²) in [5.74, 6) is -0.0935. The maximum Gasteiger partial charge on any atom is 0.243 e. The molecule has 0 aliphatic carbocycles. The number of hydrogen-bond donors (Lipinski definition) is 1. The molecule has 0 saturated carbocycles. The molecule has 2 aliphatic rings. The van der Waals surface area contributed by atoms with Gasteiger partial charge in [-0.05, 0) is 29.8 Å². The van der Waals surface area contributed by atoms with Crippen LogP contribution in [-0.2, 0) is 26.1 Å². The zero-order chi connectivity index (χ0) is 22.9. The Morgan fingerprint density at radius 3 is 2.50 bits per heavy atom. The van der Waals surface area contributed by atoms with Gasteiger partial charge in [-0.3, -0.25) is 9.28 Å². The van der Waals surface area contributed by atoms with E-state index in [1.807, 2.05) is 32.3 Å². The Labute approximate surface area is 193 Å². The van der Waals surface area contributed by atoms with Crippen molar-refractivity contribution in [2.24, 2.45) is 0 Å². The maximum atomic E-state index is 12.7. The molecule has 1 amide bonds. The number of rotatable bonds is 6. The number of carbonyl (C=O) groups excluding carboxylic acids is 1. The molecule has 0 unspecified atom stereocenters. The van der Waals surface area contributed by atoms with Crippen LogP contribution >= 0.6 is 11.6 Å². The average Bonchev–Trinajstić information content (AvgIpc) is 3.02. The van der Waals surface area contributed by atoms with Crippen molar-refractivity contribution in [2.75, 3.05) is 40.4 Å². The zero-order valence-corrected chi connectivity index (χ0v) is 19.7. The molecule has 2 aromatic carbocycles. The molecule has 1 fully saturated rings. The van der Waals surface area contributed by atoms with Crippen LogP contribution in [0.1, 0.15) is 17.5 Å². The average molecular weight is 477 g/mol. The molecule has 4 rings (SSSR count). The lowest BCUT2D eigenvalue weighted by atomic mass is 10.0. The van der Waals surface area contributed by atoms with Crippen LogP contribution in [0, 0.1) is 0 Å². The van der Waals surface area contributed by atoms with Gasteiger partial charge in [0.2, 0.25) is 15.9 Å². The first kappa shape index (κ1) is 22.9. The highest BCUT2D eigenvalue weighted by atomic mass is 35.5. The summed E-state index contributed by atoms with van der Waals surface area (Å²) in [7, 11) is 0.575. The molecule has 2 aromatic rings. The predicted octanol–water partition coefficient (Wildman–Crippen LogP) is 2.99. The van der Waals surface area contributed by atoms with Crippen LogP contribution in [0.15, 0.2) is 53.6 Å².